The van der Waals surface area contributed by atoms with Gasteiger partial charge >= 0.3 is 0 Å². The first-order valence-corrected chi connectivity index (χ1v) is 11.7. The summed E-state index contributed by atoms with van der Waals surface area (Å²) in [5.41, 5.74) is 1.59. The molecule has 1 aliphatic heterocycles. The SMILES string of the molecule is CCCCN1C(=O)CC(C(=O)NCc2coc(-c3cccs3)n2)C1c1ccc(OC)cc1. The number of aromatic nitrogens is 1. The molecule has 4 rings (SSSR count). The van der Waals surface area contributed by atoms with Crippen molar-refractivity contribution < 1.29 is 18.7 Å². The lowest BCUT2D eigenvalue weighted by molar-refractivity contribution is -0.129. The molecule has 168 valence electrons. The molecule has 1 aliphatic rings. The van der Waals surface area contributed by atoms with Crippen LogP contribution in [0.3, 0.4) is 0 Å². The molecule has 2 unspecified atom stereocenters. The van der Waals surface area contributed by atoms with E-state index in [1.807, 2.05) is 46.7 Å². The van der Waals surface area contributed by atoms with Crippen molar-refractivity contribution in [2.45, 2.75) is 38.8 Å². The van der Waals surface area contributed by atoms with Crippen LogP contribution >= 0.6 is 11.3 Å². The molecule has 3 heterocycles. The highest BCUT2D eigenvalue weighted by molar-refractivity contribution is 7.13. The van der Waals surface area contributed by atoms with Crippen molar-refractivity contribution >= 4 is 23.2 Å². The van der Waals surface area contributed by atoms with Crippen LogP contribution in [0, 0.1) is 5.92 Å². The Morgan fingerprint density at radius 2 is 2.12 bits per heavy atom. The van der Waals surface area contributed by atoms with Gasteiger partial charge in [-0.1, -0.05) is 31.5 Å². The van der Waals surface area contributed by atoms with Crippen molar-refractivity contribution in [2.75, 3.05) is 13.7 Å². The van der Waals surface area contributed by atoms with Crippen molar-refractivity contribution in [2.24, 2.45) is 5.92 Å². The zero-order valence-electron chi connectivity index (χ0n) is 18.2. The van der Waals surface area contributed by atoms with Gasteiger partial charge in [0.05, 0.1) is 36.2 Å². The number of ether oxygens (including phenoxy) is 1. The lowest BCUT2D eigenvalue weighted by Crippen LogP contribution is -2.35. The Labute approximate surface area is 191 Å². The van der Waals surface area contributed by atoms with Crippen LogP contribution in [-0.2, 0) is 16.1 Å². The Morgan fingerprint density at radius 3 is 2.81 bits per heavy atom. The number of rotatable bonds is 9. The number of carbonyl (C=O) groups is 2. The fourth-order valence-electron chi connectivity index (χ4n) is 4.04. The summed E-state index contributed by atoms with van der Waals surface area (Å²) in [6.07, 6.45) is 3.64. The number of methoxy groups -OCH3 is 1. The largest absolute Gasteiger partial charge is 0.497 e. The third-order valence-corrected chi connectivity index (χ3v) is 6.56. The van der Waals surface area contributed by atoms with Crippen LogP contribution in [-0.4, -0.2) is 35.4 Å². The van der Waals surface area contributed by atoms with Crippen molar-refractivity contribution in [1.82, 2.24) is 15.2 Å². The quantitative estimate of drug-likeness (QED) is 0.519. The van der Waals surface area contributed by atoms with Gasteiger partial charge in [0.15, 0.2) is 0 Å². The second-order valence-electron chi connectivity index (χ2n) is 7.81. The van der Waals surface area contributed by atoms with Gasteiger partial charge in [-0.15, -0.1) is 11.3 Å². The third-order valence-electron chi connectivity index (χ3n) is 5.71. The van der Waals surface area contributed by atoms with Gasteiger partial charge in [-0.2, -0.15) is 0 Å². The minimum absolute atomic E-state index is 0.0147. The summed E-state index contributed by atoms with van der Waals surface area (Å²) in [7, 11) is 1.62. The average Bonchev–Trinajstić information content (AvgIpc) is 3.56. The topological polar surface area (TPSA) is 84.7 Å². The monoisotopic (exact) mass is 453 g/mol. The molecule has 0 radical (unpaired) electrons. The lowest BCUT2D eigenvalue weighted by atomic mass is 9.92. The maximum absolute atomic E-state index is 13.2. The first kappa shape index (κ1) is 22.1. The second kappa shape index (κ2) is 9.99. The Balaban J connectivity index is 1.49. The van der Waals surface area contributed by atoms with E-state index in [9.17, 15) is 9.59 Å². The summed E-state index contributed by atoms with van der Waals surface area (Å²) in [6.45, 7) is 2.99. The highest BCUT2D eigenvalue weighted by atomic mass is 32.1. The Kier molecular flexibility index (Phi) is 6.90. The number of carbonyl (C=O) groups excluding carboxylic acids is 2. The number of unbranched alkanes of at least 4 members (excludes halogenated alkanes) is 1. The number of nitrogens with one attached hydrogen (secondary N) is 1. The van der Waals surface area contributed by atoms with Gasteiger partial charge in [0.25, 0.3) is 0 Å². The van der Waals surface area contributed by atoms with E-state index in [1.54, 1.807) is 24.7 Å². The molecule has 0 spiro atoms. The molecule has 0 bridgehead atoms. The molecule has 7 nitrogen and oxygen atoms in total. The molecular weight excluding hydrogens is 426 g/mol. The van der Waals surface area contributed by atoms with E-state index in [0.29, 0.717) is 18.1 Å². The number of likely N-dealkylation sites (tertiary alicyclic amines) is 1. The highest BCUT2D eigenvalue weighted by Crippen LogP contribution is 2.39. The summed E-state index contributed by atoms with van der Waals surface area (Å²) in [4.78, 5) is 33.2. The molecule has 0 saturated carbocycles. The zero-order valence-corrected chi connectivity index (χ0v) is 19.1. The second-order valence-corrected chi connectivity index (χ2v) is 8.76. The van der Waals surface area contributed by atoms with Crippen molar-refractivity contribution in [3.05, 3.63) is 59.3 Å². The number of benzene rings is 1. The smallest absolute Gasteiger partial charge is 0.236 e. The number of oxazole rings is 1. The summed E-state index contributed by atoms with van der Waals surface area (Å²) < 4.78 is 10.8. The summed E-state index contributed by atoms with van der Waals surface area (Å²) in [5.74, 6) is 0.685. The standard InChI is InChI=1S/C24H27N3O4S/c1-3-4-11-27-21(28)13-19(22(27)16-7-9-18(30-2)10-8-16)23(29)25-14-17-15-31-24(26-17)20-6-5-12-32-20/h5-10,12,15,19,22H,3-4,11,13-14H2,1-2H3,(H,25,29). The maximum Gasteiger partial charge on any atom is 0.236 e. The van der Waals surface area contributed by atoms with E-state index in [2.05, 4.69) is 17.2 Å². The molecule has 2 amide bonds. The predicted octanol–water partition coefficient (Wildman–Crippen LogP) is 4.42. The Hall–Kier alpha value is -3.13. The molecular formula is C24H27N3O4S. The Bertz CT molecular complexity index is 1050. The molecule has 1 N–H and O–H groups in total. The summed E-state index contributed by atoms with van der Waals surface area (Å²) >= 11 is 1.55. The minimum Gasteiger partial charge on any atom is -0.497 e. The summed E-state index contributed by atoms with van der Waals surface area (Å²) in [6, 6.07) is 11.2. The first-order chi connectivity index (χ1) is 15.6. The van der Waals surface area contributed by atoms with Crippen molar-refractivity contribution in [3.63, 3.8) is 0 Å². The van der Waals surface area contributed by atoms with Gasteiger partial charge in [-0.25, -0.2) is 4.98 Å². The fourth-order valence-corrected chi connectivity index (χ4v) is 4.70. The lowest BCUT2D eigenvalue weighted by Gasteiger charge is -2.28. The number of nitrogens with zero attached hydrogens (tertiary/aromatic N) is 2. The maximum atomic E-state index is 13.2. The van der Waals surface area contributed by atoms with Gasteiger partial charge in [0.1, 0.15) is 12.0 Å². The molecule has 3 aromatic rings. The average molecular weight is 454 g/mol. The van der Waals surface area contributed by atoms with Gasteiger partial charge < -0.3 is 19.4 Å². The molecule has 8 heteroatoms. The molecule has 32 heavy (non-hydrogen) atoms. The van der Waals surface area contributed by atoms with E-state index in [4.69, 9.17) is 9.15 Å². The predicted molar refractivity (Wildman–Crippen MR) is 122 cm³/mol. The molecule has 2 atom stereocenters. The van der Waals surface area contributed by atoms with Crippen molar-refractivity contribution in [3.8, 4) is 16.5 Å². The van der Waals surface area contributed by atoms with Gasteiger partial charge in [-0.3, -0.25) is 9.59 Å². The summed E-state index contributed by atoms with van der Waals surface area (Å²) in [5, 5.41) is 4.92. The van der Waals surface area contributed by atoms with Crippen LogP contribution in [0.25, 0.3) is 10.8 Å². The number of hydrogen-bond acceptors (Lipinski definition) is 6. The first-order valence-electron chi connectivity index (χ1n) is 10.8. The normalized spacial score (nSPS) is 18.2. The number of amides is 2. The van der Waals surface area contributed by atoms with Crippen LogP contribution < -0.4 is 10.1 Å². The molecule has 2 aromatic heterocycles. The van der Waals surface area contributed by atoms with Gasteiger partial charge in [0, 0.05) is 13.0 Å². The van der Waals surface area contributed by atoms with Crippen LogP contribution in [0.5, 0.6) is 5.75 Å². The van der Waals surface area contributed by atoms with Gasteiger partial charge in [-0.05, 0) is 35.6 Å². The minimum atomic E-state index is -0.462. The molecule has 0 aliphatic carbocycles. The van der Waals surface area contributed by atoms with Crippen LogP contribution in [0.4, 0.5) is 0 Å². The van der Waals surface area contributed by atoms with Crippen LogP contribution in [0.2, 0.25) is 0 Å². The fraction of sp³-hybridized carbons (Fsp3) is 0.375. The zero-order chi connectivity index (χ0) is 22.5. The van der Waals surface area contributed by atoms with E-state index >= 15 is 0 Å². The third kappa shape index (κ3) is 4.70. The van der Waals surface area contributed by atoms with Crippen molar-refractivity contribution in [1.29, 1.82) is 0 Å². The number of thiophene rings is 1. The molecule has 1 aromatic carbocycles. The van der Waals surface area contributed by atoms with E-state index in [-0.39, 0.29) is 30.8 Å². The Morgan fingerprint density at radius 1 is 1.31 bits per heavy atom. The molecule has 1 saturated heterocycles. The van der Waals surface area contributed by atoms with Crippen LogP contribution in [0.1, 0.15) is 43.5 Å². The van der Waals surface area contributed by atoms with E-state index in [1.165, 1.54) is 0 Å². The van der Waals surface area contributed by atoms with E-state index < -0.39 is 5.92 Å². The van der Waals surface area contributed by atoms with E-state index in [0.717, 1.165) is 29.0 Å². The highest BCUT2D eigenvalue weighted by Gasteiger charge is 2.44. The number of hydrogen-bond donors (Lipinski definition) is 1. The molecule has 1 fully saturated rings. The van der Waals surface area contributed by atoms with Crippen LogP contribution in [0.15, 0.2) is 52.5 Å². The van der Waals surface area contributed by atoms with Gasteiger partial charge in [0.2, 0.25) is 17.7 Å².